The van der Waals surface area contributed by atoms with Crippen molar-refractivity contribution in [2.45, 2.75) is 45.7 Å². The van der Waals surface area contributed by atoms with Crippen molar-refractivity contribution in [2.75, 3.05) is 19.7 Å². The molecule has 6 nitrogen and oxygen atoms in total. The Bertz CT molecular complexity index is 764. The first-order chi connectivity index (χ1) is 13.7. The predicted molar refractivity (Wildman–Crippen MR) is 124 cm³/mol. The lowest BCUT2D eigenvalue weighted by molar-refractivity contribution is 0.285. The van der Waals surface area contributed by atoms with E-state index in [0.29, 0.717) is 24.8 Å². The van der Waals surface area contributed by atoms with Crippen molar-refractivity contribution in [3.05, 3.63) is 48.0 Å². The topological polar surface area (TPSA) is 63.5 Å². The molecular weight excluding hydrogens is 484 g/mol. The maximum absolute atomic E-state index is 14.3. The Hall–Kier alpha value is -1.84. The zero-order chi connectivity index (χ0) is 19.8. The summed E-state index contributed by atoms with van der Waals surface area (Å²) in [5.74, 6) is 1.35. The first-order valence-corrected chi connectivity index (χ1v) is 10.1. The fourth-order valence-corrected chi connectivity index (χ4v) is 2.86. The summed E-state index contributed by atoms with van der Waals surface area (Å²) in [6.07, 6.45) is 7.00. The molecule has 3 rings (SSSR count). The van der Waals surface area contributed by atoms with Crippen LogP contribution in [0.15, 0.2) is 41.7 Å². The van der Waals surface area contributed by atoms with Gasteiger partial charge in [-0.2, -0.15) is 5.10 Å². The second-order valence-electron chi connectivity index (χ2n) is 7.19. The van der Waals surface area contributed by atoms with Crippen molar-refractivity contribution in [3.63, 3.8) is 0 Å². The highest BCUT2D eigenvalue weighted by atomic mass is 127. The van der Waals surface area contributed by atoms with E-state index in [2.05, 4.69) is 20.7 Å². The average molecular weight is 515 g/mol. The summed E-state index contributed by atoms with van der Waals surface area (Å²) >= 11 is 0. The van der Waals surface area contributed by atoms with Crippen molar-refractivity contribution in [2.24, 2.45) is 10.9 Å². The highest BCUT2D eigenvalue weighted by Crippen LogP contribution is 2.30. The van der Waals surface area contributed by atoms with Crippen LogP contribution < -0.4 is 15.4 Å². The molecule has 0 radical (unpaired) electrons. The molecule has 0 saturated heterocycles. The first kappa shape index (κ1) is 23.4. The molecule has 0 bridgehead atoms. The Morgan fingerprint density at radius 3 is 2.90 bits per heavy atom. The van der Waals surface area contributed by atoms with Gasteiger partial charge in [0.25, 0.3) is 0 Å². The van der Waals surface area contributed by atoms with Crippen LogP contribution in [0.3, 0.4) is 0 Å². The minimum Gasteiger partial charge on any atom is -0.490 e. The number of halogens is 2. The number of hydrogen-bond donors (Lipinski definition) is 2. The lowest BCUT2D eigenvalue weighted by Crippen LogP contribution is -2.38. The number of nitrogens with zero attached hydrogens (tertiary/aromatic N) is 3. The number of aliphatic imine (C=N–C) groups is 1. The van der Waals surface area contributed by atoms with Crippen LogP contribution in [0.1, 0.15) is 44.7 Å². The summed E-state index contributed by atoms with van der Waals surface area (Å²) < 4.78 is 21.8. The molecular formula is C21H31FIN5O. The summed E-state index contributed by atoms with van der Waals surface area (Å²) in [6, 6.07) is 7.01. The number of nitrogens with one attached hydrogen (secondary N) is 2. The summed E-state index contributed by atoms with van der Waals surface area (Å²) in [7, 11) is 0. The number of rotatable bonds is 10. The average Bonchev–Trinajstić information content (AvgIpc) is 3.37. The third kappa shape index (κ3) is 7.83. The van der Waals surface area contributed by atoms with Crippen molar-refractivity contribution in [3.8, 4) is 5.75 Å². The van der Waals surface area contributed by atoms with Crippen LogP contribution in [-0.2, 0) is 6.54 Å². The van der Waals surface area contributed by atoms with E-state index in [1.807, 2.05) is 36.9 Å². The summed E-state index contributed by atoms with van der Waals surface area (Å²) in [4.78, 5) is 4.61. The van der Waals surface area contributed by atoms with Gasteiger partial charge in [0.15, 0.2) is 17.5 Å². The van der Waals surface area contributed by atoms with Gasteiger partial charge in [0.1, 0.15) is 0 Å². The van der Waals surface area contributed by atoms with Crippen molar-refractivity contribution in [1.82, 2.24) is 20.4 Å². The molecule has 160 valence electrons. The Kier molecular flexibility index (Phi) is 9.69. The molecule has 0 aliphatic heterocycles. The summed E-state index contributed by atoms with van der Waals surface area (Å²) in [5.41, 5.74) is 0.860. The molecule has 29 heavy (non-hydrogen) atoms. The van der Waals surface area contributed by atoms with E-state index < -0.39 is 0 Å². The molecule has 1 fully saturated rings. The van der Waals surface area contributed by atoms with Crippen LogP contribution in [0, 0.1) is 11.7 Å². The number of ether oxygens (including phenoxy) is 1. The number of benzene rings is 1. The van der Waals surface area contributed by atoms with Crippen molar-refractivity contribution >= 4 is 29.9 Å². The Labute approximate surface area is 189 Å². The fraction of sp³-hybridized carbons (Fsp3) is 0.524. The molecule has 1 unspecified atom stereocenters. The highest BCUT2D eigenvalue weighted by Gasteiger charge is 2.22. The van der Waals surface area contributed by atoms with Gasteiger partial charge >= 0.3 is 0 Å². The number of hydrogen-bond acceptors (Lipinski definition) is 3. The Morgan fingerprint density at radius 1 is 1.41 bits per heavy atom. The standard InChI is InChI=1S/C21H30FN5O.HI/c1-3-23-21(24-10-4-12-27-13-5-11-25-27)26-16(2)18-8-9-20(19(22)14-18)28-15-17-6-7-17;/h5,8-9,11,13-14,16-17H,3-4,6-7,10,12,15H2,1-2H3,(H2,23,24,26);1H. The maximum atomic E-state index is 14.3. The minimum atomic E-state index is -0.312. The van der Waals surface area contributed by atoms with Gasteiger partial charge < -0.3 is 15.4 Å². The fourth-order valence-electron chi connectivity index (χ4n) is 2.86. The van der Waals surface area contributed by atoms with E-state index in [9.17, 15) is 4.39 Å². The Morgan fingerprint density at radius 2 is 2.24 bits per heavy atom. The molecule has 0 amide bonds. The second-order valence-corrected chi connectivity index (χ2v) is 7.19. The normalized spacial score (nSPS) is 14.8. The smallest absolute Gasteiger partial charge is 0.191 e. The minimum absolute atomic E-state index is 0. The van der Waals surface area contributed by atoms with Gasteiger partial charge in [-0.05, 0) is 62.8 Å². The molecule has 1 aliphatic rings. The summed E-state index contributed by atoms with van der Waals surface area (Å²) in [6.45, 7) is 6.91. The van der Waals surface area contributed by atoms with Crippen LogP contribution in [0.2, 0.25) is 0 Å². The second kappa shape index (κ2) is 12.0. The highest BCUT2D eigenvalue weighted by molar-refractivity contribution is 14.0. The van der Waals surface area contributed by atoms with Crippen LogP contribution in [-0.4, -0.2) is 35.4 Å². The van der Waals surface area contributed by atoms with Crippen molar-refractivity contribution < 1.29 is 9.13 Å². The van der Waals surface area contributed by atoms with E-state index in [4.69, 9.17) is 4.74 Å². The van der Waals surface area contributed by atoms with Gasteiger partial charge in [-0.3, -0.25) is 9.67 Å². The first-order valence-electron chi connectivity index (χ1n) is 10.1. The monoisotopic (exact) mass is 515 g/mol. The van der Waals surface area contributed by atoms with Gasteiger partial charge in [-0.15, -0.1) is 24.0 Å². The number of aryl methyl sites for hydroxylation is 1. The van der Waals surface area contributed by atoms with E-state index in [1.165, 1.54) is 12.8 Å². The number of guanidine groups is 1. The molecule has 8 heteroatoms. The van der Waals surface area contributed by atoms with E-state index in [0.717, 1.165) is 31.0 Å². The molecule has 1 aromatic carbocycles. The van der Waals surface area contributed by atoms with Gasteiger partial charge in [0.05, 0.1) is 12.6 Å². The van der Waals surface area contributed by atoms with Crippen LogP contribution in [0.4, 0.5) is 4.39 Å². The number of aromatic nitrogens is 2. The van der Waals surface area contributed by atoms with Gasteiger partial charge in [-0.1, -0.05) is 6.07 Å². The SMILES string of the molecule is CCNC(=NCCCn1cccn1)NC(C)c1ccc(OCC2CC2)c(F)c1.I. The van der Waals surface area contributed by atoms with E-state index >= 15 is 0 Å². The van der Waals surface area contributed by atoms with Gasteiger partial charge in [-0.25, -0.2) is 4.39 Å². The molecule has 1 aromatic heterocycles. The van der Waals surface area contributed by atoms with Crippen molar-refractivity contribution in [1.29, 1.82) is 0 Å². The zero-order valence-electron chi connectivity index (χ0n) is 17.1. The molecule has 1 heterocycles. The Balaban J connectivity index is 0.00000300. The lowest BCUT2D eigenvalue weighted by Gasteiger charge is -2.19. The third-order valence-electron chi connectivity index (χ3n) is 4.70. The largest absolute Gasteiger partial charge is 0.490 e. The van der Waals surface area contributed by atoms with Crippen LogP contribution in [0.25, 0.3) is 0 Å². The van der Waals surface area contributed by atoms with E-state index in [-0.39, 0.29) is 35.8 Å². The predicted octanol–water partition coefficient (Wildman–Crippen LogP) is 4.14. The lowest BCUT2D eigenvalue weighted by atomic mass is 10.1. The molecule has 2 N–H and O–H groups in total. The maximum Gasteiger partial charge on any atom is 0.191 e. The molecule has 0 spiro atoms. The van der Waals surface area contributed by atoms with Gasteiger partial charge in [0.2, 0.25) is 0 Å². The molecule has 1 saturated carbocycles. The van der Waals surface area contributed by atoms with E-state index in [1.54, 1.807) is 18.3 Å². The van der Waals surface area contributed by atoms with Crippen LogP contribution >= 0.6 is 24.0 Å². The zero-order valence-corrected chi connectivity index (χ0v) is 19.4. The third-order valence-corrected chi connectivity index (χ3v) is 4.70. The molecule has 1 atom stereocenters. The van der Waals surface area contributed by atoms with Gasteiger partial charge in [0, 0.05) is 32.0 Å². The van der Waals surface area contributed by atoms with Crippen LogP contribution in [0.5, 0.6) is 5.75 Å². The summed E-state index contributed by atoms with van der Waals surface area (Å²) in [5, 5.41) is 10.8. The quantitative estimate of drug-likeness (QED) is 0.216. The molecule has 1 aliphatic carbocycles. The molecule has 2 aromatic rings.